The van der Waals surface area contributed by atoms with Gasteiger partial charge in [0.2, 0.25) is 0 Å². The Labute approximate surface area is 102 Å². The molecule has 0 saturated heterocycles. The molecule has 0 spiro atoms. The summed E-state index contributed by atoms with van der Waals surface area (Å²) in [6, 6.07) is 0. The predicted molar refractivity (Wildman–Crippen MR) is 71.7 cm³/mol. The molecule has 0 fully saturated rings. The molecule has 0 aromatic carbocycles. The Morgan fingerprint density at radius 2 is 1.75 bits per heavy atom. The van der Waals surface area contributed by atoms with Crippen LogP contribution in [-0.2, 0) is 0 Å². The Balaban J connectivity index is 3.42. The molecule has 0 saturated carbocycles. The first-order valence-electron chi connectivity index (χ1n) is 6.91. The fourth-order valence-corrected chi connectivity index (χ4v) is 1.87. The fourth-order valence-electron chi connectivity index (χ4n) is 1.87. The van der Waals surface area contributed by atoms with Crippen LogP contribution in [0.4, 0.5) is 0 Å². The molecular formula is C14H31NO. The van der Waals surface area contributed by atoms with Crippen LogP contribution in [0.1, 0.15) is 66.2 Å². The van der Waals surface area contributed by atoms with Crippen molar-refractivity contribution in [1.29, 1.82) is 0 Å². The second-order valence-corrected chi connectivity index (χ2v) is 5.66. The molecule has 1 atom stereocenters. The third-order valence-electron chi connectivity index (χ3n) is 2.94. The quantitative estimate of drug-likeness (QED) is 0.563. The summed E-state index contributed by atoms with van der Waals surface area (Å²) >= 11 is 0. The van der Waals surface area contributed by atoms with E-state index in [0.717, 1.165) is 38.8 Å². The molecule has 0 rings (SSSR count). The van der Waals surface area contributed by atoms with Gasteiger partial charge in [-0.1, -0.05) is 40.0 Å². The lowest BCUT2D eigenvalue weighted by Crippen LogP contribution is -2.27. The maximum atomic E-state index is 10.1. The van der Waals surface area contributed by atoms with Crippen LogP contribution in [-0.4, -0.2) is 23.8 Å². The van der Waals surface area contributed by atoms with Crippen molar-refractivity contribution in [3.05, 3.63) is 0 Å². The summed E-state index contributed by atoms with van der Waals surface area (Å²) in [5.41, 5.74) is -0.450. The molecule has 0 heterocycles. The van der Waals surface area contributed by atoms with Crippen molar-refractivity contribution in [2.75, 3.05) is 13.1 Å². The summed E-state index contributed by atoms with van der Waals surface area (Å²) in [6.07, 6.45) is 6.56. The van der Waals surface area contributed by atoms with Crippen molar-refractivity contribution in [1.82, 2.24) is 5.32 Å². The largest absolute Gasteiger partial charge is 0.390 e. The topological polar surface area (TPSA) is 32.3 Å². The van der Waals surface area contributed by atoms with Crippen molar-refractivity contribution in [3.63, 3.8) is 0 Å². The van der Waals surface area contributed by atoms with Gasteiger partial charge in [-0.25, -0.2) is 0 Å². The van der Waals surface area contributed by atoms with E-state index in [2.05, 4.69) is 26.1 Å². The lowest BCUT2D eigenvalue weighted by atomic mass is 9.93. The fraction of sp³-hybridized carbons (Fsp3) is 1.00. The first-order valence-corrected chi connectivity index (χ1v) is 6.91. The summed E-state index contributed by atoms with van der Waals surface area (Å²) in [5.74, 6) is 0.713. The standard InChI is InChI=1S/C14H31NO/c1-5-6-7-9-14(4,16)10-8-11-15-12-13(2)3/h13,15-16H,5-12H2,1-4H3. The molecule has 2 N–H and O–H groups in total. The van der Waals surface area contributed by atoms with Crippen LogP contribution in [0.15, 0.2) is 0 Å². The first-order chi connectivity index (χ1) is 7.48. The Morgan fingerprint density at radius 3 is 2.31 bits per heavy atom. The van der Waals surface area contributed by atoms with E-state index < -0.39 is 5.60 Å². The Morgan fingerprint density at radius 1 is 1.12 bits per heavy atom. The monoisotopic (exact) mass is 229 g/mol. The number of hydrogen-bond acceptors (Lipinski definition) is 2. The van der Waals surface area contributed by atoms with Gasteiger partial charge in [0.05, 0.1) is 5.60 Å². The molecule has 1 unspecified atom stereocenters. The average molecular weight is 229 g/mol. The van der Waals surface area contributed by atoms with E-state index in [-0.39, 0.29) is 0 Å². The number of unbranched alkanes of at least 4 members (excludes halogenated alkanes) is 2. The normalized spacial score (nSPS) is 15.4. The number of nitrogens with one attached hydrogen (secondary N) is 1. The number of hydrogen-bond donors (Lipinski definition) is 2. The van der Waals surface area contributed by atoms with Crippen LogP contribution in [0.25, 0.3) is 0 Å². The molecule has 2 heteroatoms. The van der Waals surface area contributed by atoms with Gasteiger partial charge in [-0.2, -0.15) is 0 Å². The summed E-state index contributed by atoms with van der Waals surface area (Å²) in [7, 11) is 0. The molecule has 0 aromatic rings. The van der Waals surface area contributed by atoms with Gasteiger partial charge in [0, 0.05) is 0 Å². The van der Waals surface area contributed by atoms with Gasteiger partial charge in [-0.3, -0.25) is 0 Å². The van der Waals surface area contributed by atoms with Crippen LogP contribution in [0.3, 0.4) is 0 Å². The van der Waals surface area contributed by atoms with Crippen molar-refractivity contribution in [3.8, 4) is 0 Å². The summed E-state index contributed by atoms with van der Waals surface area (Å²) in [5, 5.41) is 13.5. The van der Waals surface area contributed by atoms with Crippen molar-refractivity contribution >= 4 is 0 Å². The van der Waals surface area contributed by atoms with Crippen molar-refractivity contribution in [2.24, 2.45) is 5.92 Å². The lowest BCUT2D eigenvalue weighted by Gasteiger charge is -2.23. The molecule has 0 aliphatic carbocycles. The van der Waals surface area contributed by atoms with Gasteiger partial charge >= 0.3 is 0 Å². The minimum atomic E-state index is -0.450. The van der Waals surface area contributed by atoms with Gasteiger partial charge in [-0.05, 0) is 45.2 Å². The zero-order valence-corrected chi connectivity index (χ0v) is 11.7. The van der Waals surface area contributed by atoms with Gasteiger partial charge in [0.25, 0.3) is 0 Å². The highest BCUT2D eigenvalue weighted by atomic mass is 16.3. The van der Waals surface area contributed by atoms with E-state index in [0.29, 0.717) is 5.92 Å². The van der Waals surface area contributed by atoms with E-state index in [4.69, 9.17) is 0 Å². The smallest absolute Gasteiger partial charge is 0.0620 e. The molecule has 0 aliphatic heterocycles. The molecule has 16 heavy (non-hydrogen) atoms. The predicted octanol–water partition coefficient (Wildman–Crippen LogP) is 3.34. The zero-order chi connectivity index (χ0) is 12.4. The minimum Gasteiger partial charge on any atom is -0.390 e. The highest BCUT2D eigenvalue weighted by Crippen LogP contribution is 2.19. The van der Waals surface area contributed by atoms with Crippen LogP contribution in [0, 0.1) is 5.92 Å². The summed E-state index contributed by atoms with van der Waals surface area (Å²) in [4.78, 5) is 0. The minimum absolute atomic E-state index is 0.450. The Bertz CT molecular complexity index is 155. The van der Waals surface area contributed by atoms with Gasteiger partial charge in [-0.15, -0.1) is 0 Å². The number of rotatable bonds is 10. The molecule has 0 aromatic heterocycles. The van der Waals surface area contributed by atoms with Crippen molar-refractivity contribution < 1.29 is 5.11 Å². The molecule has 0 amide bonds. The molecule has 98 valence electrons. The second kappa shape index (κ2) is 9.00. The van der Waals surface area contributed by atoms with Crippen molar-refractivity contribution in [2.45, 2.75) is 71.8 Å². The number of aliphatic hydroxyl groups is 1. The first kappa shape index (κ1) is 15.9. The molecule has 0 radical (unpaired) electrons. The molecule has 2 nitrogen and oxygen atoms in total. The highest BCUT2D eigenvalue weighted by molar-refractivity contribution is 4.72. The maximum Gasteiger partial charge on any atom is 0.0620 e. The van der Waals surface area contributed by atoms with E-state index in [9.17, 15) is 5.11 Å². The van der Waals surface area contributed by atoms with Crippen LogP contribution < -0.4 is 5.32 Å². The molecular weight excluding hydrogens is 198 g/mol. The average Bonchev–Trinajstić information content (AvgIpc) is 2.16. The molecule has 0 bridgehead atoms. The van der Waals surface area contributed by atoms with E-state index >= 15 is 0 Å². The van der Waals surface area contributed by atoms with E-state index in [1.54, 1.807) is 0 Å². The SMILES string of the molecule is CCCCCC(C)(O)CCCNCC(C)C. The van der Waals surface area contributed by atoms with Gasteiger partial charge in [0.15, 0.2) is 0 Å². The van der Waals surface area contributed by atoms with Gasteiger partial charge < -0.3 is 10.4 Å². The Hall–Kier alpha value is -0.0800. The third-order valence-corrected chi connectivity index (χ3v) is 2.94. The second-order valence-electron chi connectivity index (χ2n) is 5.66. The molecule has 0 aliphatic rings. The van der Waals surface area contributed by atoms with Crippen LogP contribution in [0.5, 0.6) is 0 Å². The maximum absolute atomic E-state index is 10.1. The zero-order valence-electron chi connectivity index (χ0n) is 11.7. The lowest BCUT2D eigenvalue weighted by molar-refractivity contribution is 0.0375. The van der Waals surface area contributed by atoms with Crippen LogP contribution in [0.2, 0.25) is 0 Å². The Kier molecular flexibility index (Phi) is 8.96. The van der Waals surface area contributed by atoms with E-state index in [1.165, 1.54) is 12.8 Å². The summed E-state index contributed by atoms with van der Waals surface area (Å²) < 4.78 is 0. The summed E-state index contributed by atoms with van der Waals surface area (Å²) in [6.45, 7) is 10.7. The third kappa shape index (κ3) is 10.4. The van der Waals surface area contributed by atoms with E-state index in [1.807, 2.05) is 6.92 Å². The highest BCUT2D eigenvalue weighted by Gasteiger charge is 2.18. The van der Waals surface area contributed by atoms with Gasteiger partial charge in [0.1, 0.15) is 0 Å². The van der Waals surface area contributed by atoms with Crippen LogP contribution >= 0.6 is 0 Å².